The highest BCUT2D eigenvalue weighted by atomic mass is 19.3. The maximum atomic E-state index is 13.7. The fourth-order valence-electron chi connectivity index (χ4n) is 3.44. The quantitative estimate of drug-likeness (QED) is 0.423. The normalized spacial score (nSPS) is 12.7. The summed E-state index contributed by atoms with van der Waals surface area (Å²) in [7, 11) is 2.81. The number of rotatable bonds is 10. The molecule has 0 bridgehead atoms. The van der Waals surface area contributed by atoms with Crippen LogP contribution in [0.15, 0.2) is 48.5 Å². The molecule has 2 N–H and O–H groups in total. The zero-order chi connectivity index (χ0) is 26.5. The second-order valence-corrected chi connectivity index (χ2v) is 8.24. The van der Waals surface area contributed by atoms with Crippen LogP contribution in [0, 0.1) is 12.7 Å². The van der Waals surface area contributed by atoms with Crippen LogP contribution in [0.2, 0.25) is 0 Å². The van der Waals surface area contributed by atoms with Gasteiger partial charge in [0.05, 0.1) is 26.5 Å². The number of ether oxygens (including phenoxy) is 3. The average Bonchev–Trinajstić information content (AvgIpc) is 2.87. The van der Waals surface area contributed by atoms with Crippen molar-refractivity contribution >= 4 is 5.91 Å². The van der Waals surface area contributed by atoms with Gasteiger partial charge in [-0.2, -0.15) is 0 Å². The number of benzene rings is 2. The Kier molecular flexibility index (Phi) is 8.41. The van der Waals surface area contributed by atoms with Crippen LogP contribution in [-0.4, -0.2) is 49.8 Å². The Morgan fingerprint density at radius 1 is 1.06 bits per heavy atom. The fourth-order valence-corrected chi connectivity index (χ4v) is 3.44. The van der Waals surface area contributed by atoms with Crippen molar-refractivity contribution in [2.45, 2.75) is 25.9 Å². The second kappa shape index (κ2) is 11.3. The summed E-state index contributed by atoms with van der Waals surface area (Å²) in [6.07, 6.45) is -2.65. The zero-order valence-corrected chi connectivity index (χ0v) is 20.3. The van der Waals surface area contributed by atoms with E-state index in [1.807, 2.05) is 0 Å². The van der Waals surface area contributed by atoms with E-state index < -0.39 is 24.5 Å². The molecule has 10 heteroatoms. The van der Waals surface area contributed by atoms with Gasteiger partial charge in [0.2, 0.25) is 0 Å². The Balaban J connectivity index is 1.79. The van der Waals surface area contributed by atoms with Crippen LogP contribution >= 0.6 is 0 Å². The molecule has 1 amide bonds. The number of aromatic nitrogens is 1. The minimum absolute atomic E-state index is 0.0762. The standard InChI is InChI=1S/C26H27F3N2O5/c1-15-11-16(5-7-18(15)27)24-20(34-3)9-10-22(31-24)26(2,33)14-30-25(32)17-6-8-19(21(12-17)35-4)36-13-23(28)29/h5-12,23,33H,13-14H2,1-4H3,(H,30,32). The molecule has 3 aromatic rings. The minimum Gasteiger partial charge on any atom is -0.494 e. The molecule has 0 radical (unpaired) electrons. The molecule has 1 atom stereocenters. The first-order valence-corrected chi connectivity index (χ1v) is 11.0. The Labute approximate surface area is 206 Å². The number of aryl methyl sites for hydroxylation is 1. The molecule has 0 fully saturated rings. The summed E-state index contributed by atoms with van der Waals surface area (Å²) in [6.45, 7) is 2.12. The van der Waals surface area contributed by atoms with E-state index in [4.69, 9.17) is 14.2 Å². The van der Waals surface area contributed by atoms with E-state index in [0.717, 1.165) is 0 Å². The third-order valence-corrected chi connectivity index (χ3v) is 5.45. The monoisotopic (exact) mass is 504 g/mol. The Hall–Kier alpha value is -3.79. The number of nitrogens with zero attached hydrogens (tertiary/aromatic N) is 1. The van der Waals surface area contributed by atoms with E-state index >= 15 is 0 Å². The van der Waals surface area contributed by atoms with Gasteiger partial charge in [0, 0.05) is 11.1 Å². The molecule has 0 saturated carbocycles. The first-order chi connectivity index (χ1) is 17.1. The predicted molar refractivity (Wildman–Crippen MR) is 127 cm³/mol. The lowest BCUT2D eigenvalue weighted by atomic mass is 9.99. The van der Waals surface area contributed by atoms with Gasteiger partial charge in [-0.25, -0.2) is 18.2 Å². The number of nitrogens with one attached hydrogen (secondary N) is 1. The number of carbonyl (C=O) groups excluding carboxylic acids is 1. The number of halogens is 3. The summed E-state index contributed by atoms with van der Waals surface area (Å²) in [5.41, 5.74) is 0.311. The number of carbonyl (C=O) groups is 1. The predicted octanol–water partition coefficient (Wildman–Crippen LogP) is 4.49. The number of methoxy groups -OCH3 is 2. The van der Waals surface area contributed by atoms with E-state index in [-0.39, 0.29) is 35.1 Å². The number of pyridine rings is 1. The van der Waals surface area contributed by atoms with Crippen LogP contribution in [0.1, 0.15) is 28.5 Å². The van der Waals surface area contributed by atoms with Gasteiger partial charge in [-0.3, -0.25) is 4.79 Å². The van der Waals surface area contributed by atoms with Gasteiger partial charge in [0.15, 0.2) is 11.5 Å². The third-order valence-electron chi connectivity index (χ3n) is 5.45. The average molecular weight is 505 g/mol. The summed E-state index contributed by atoms with van der Waals surface area (Å²) >= 11 is 0. The highest BCUT2D eigenvalue weighted by Crippen LogP contribution is 2.32. The molecule has 0 spiro atoms. The molecular formula is C26H27F3N2O5. The molecule has 1 aromatic heterocycles. The summed E-state index contributed by atoms with van der Waals surface area (Å²) in [4.78, 5) is 17.2. The summed E-state index contributed by atoms with van der Waals surface area (Å²) in [6, 6.07) is 11.8. The van der Waals surface area contributed by atoms with Crippen LogP contribution in [0.5, 0.6) is 17.2 Å². The molecule has 2 aromatic carbocycles. The van der Waals surface area contributed by atoms with Crippen molar-refractivity contribution in [2.75, 3.05) is 27.4 Å². The van der Waals surface area contributed by atoms with Gasteiger partial charge in [0.25, 0.3) is 12.3 Å². The van der Waals surface area contributed by atoms with E-state index in [0.29, 0.717) is 22.6 Å². The van der Waals surface area contributed by atoms with Gasteiger partial charge < -0.3 is 24.6 Å². The van der Waals surface area contributed by atoms with E-state index in [1.165, 1.54) is 45.4 Å². The van der Waals surface area contributed by atoms with Crippen molar-refractivity contribution in [1.29, 1.82) is 0 Å². The van der Waals surface area contributed by atoms with E-state index in [9.17, 15) is 23.1 Å². The lowest BCUT2D eigenvalue weighted by Crippen LogP contribution is -2.39. The second-order valence-electron chi connectivity index (χ2n) is 8.24. The summed E-state index contributed by atoms with van der Waals surface area (Å²) in [5, 5.41) is 13.7. The molecule has 3 rings (SSSR count). The molecule has 0 aliphatic heterocycles. The third kappa shape index (κ3) is 6.25. The van der Waals surface area contributed by atoms with Crippen molar-refractivity contribution in [3.63, 3.8) is 0 Å². The topological polar surface area (TPSA) is 89.9 Å². The van der Waals surface area contributed by atoms with Crippen LogP contribution in [0.4, 0.5) is 13.2 Å². The molecule has 192 valence electrons. The van der Waals surface area contributed by atoms with Crippen molar-refractivity contribution in [2.24, 2.45) is 0 Å². The number of amides is 1. The Morgan fingerprint density at radius 2 is 1.75 bits per heavy atom. The Bertz CT molecular complexity index is 1230. The SMILES string of the molecule is COc1cc(C(=O)NCC(C)(O)c2ccc(OC)c(-c3ccc(F)c(C)c3)n2)ccc1OCC(F)F. The lowest BCUT2D eigenvalue weighted by molar-refractivity contribution is 0.0489. The van der Waals surface area contributed by atoms with E-state index in [2.05, 4.69) is 10.3 Å². The zero-order valence-electron chi connectivity index (χ0n) is 20.3. The maximum Gasteiger partial charge on any atom is 0.272 e. The fraction of sp³-hybridized carbons (Fsp3) is 0.308. The van der Waals surface area contributed by atoms with Crippen molar-refractivity contribution in [3.05, 3.63) is 71.2 Å². The Morgan fingerprint density at radius 3 is 2.39 bits per heavy atom. The largest absolute Gasteiger partial charge is 0.494 e. The molecule has 0 aliphatic rings. The van der Waals surface area contributed by atoms with Crippen LogP contribution in [-0.2, 0) is 5.60 Å². The number of aliphatic hydroxyl groups is 1. The molecular weight excluding hydrogens is 477 g/mol. The van der Waals surface area contributed by atoms with Gasteiger partial charge >= 0.3 is 0 Å². The lowest BCUT2D eigenvalue weighted by Gasteiger charge is -2.24. The molecule has 1 heterocycles. The van der Waals surface area contributed by atoms with E-state index in [1.54, 1.807) is 31.2 Å². The maximum absolute atomic E-state index is 13.7. The molecule has 0 aliphatic carbocycles. The van der Waals surface area contributed by atoms with Gasteiger partial charge in [0.1, 0.15) is 29.5 Å². The highest BCUT2D eigenvalue weighted by Gasteiger charge is 2.27. The van der Waals surface area contributed by atoms with Crippen molar-refractivity contribution in [1.82, 2.24) is 10.3 Å². The first-order valence-electron chi connectivity index (χ1n) is 11.0. The number of hydrogen-bond donors (Lipinski definition) is 2. The number of hydrogen-bond acceptors (Lipinski definition) is 6. The van der Waals surface area contributed by atoms with Crippen LogP contribution in [0.3, 0.4) is 0 Å². The van der Waals surface area contributed by atoms with Crippen molar-refractivity contribution < 1.29 is 37.3 Å². The minimum atomic E-state index is -2.65. The highest BCUT2D eigenvalue weighted by molar-refractivity contribution is 5.95. The van der Waals surface area contributed by atoms with Crippen molar-refractivity contribution in [3.8, 4) is 28.5 Å². The van der Waals surface area contributed by atoms with Crippen LogP contribution < -0.4 is 19.5 Å². The molecule has 1 unspecified atom stereocenters. The summed E-state index contributed by atoms with van der Waals surface area (Å²) < 4.78 is 54.1. The molecule has 0 saturated heterocycles. The van der Waals surface area contributed by atoms with Crippen LogP contribution in [0.25, 0.3) is 11.3 Å². The van der Waals surface area contributed by atoms with Gasteiger partial charge in [-0.15, -0.1) is 0 Å². The molecule has 36 heavy (non-hydrogen) atoms. The van der Waals surface area contributed by atoms with Gasteiger partial charge in [-0.05, 0) is 67.9 Å². The molecule has 7 nitrogen and oxygen atoms in total. The number of alkyl halides is 2. The van der Waals surface area contributed by atoms with Gasteiger partial charge in [-0.1, -0.05) is 0 Å². The first kappa shape index (κ1) is 26.8. The smallest absolute Gasteiger partial charge is 0.272 e. The summed E-state index contributed by atoms with van der Waals surface area (Å²) in [5.74, 6) is -0.255.